The zero-order valence-corrected chi connectivity index (χ0v) is 15.6. The molecule has 1 saturated heterocycles. The summed E-state index contributed by atoms with van der Waals surface area (Å²) in [5.41, 5.74) is 1.40. The topological polar surface area (TPSA) is 66.9 Å². The summed E-state index contributed by atoms with van der Waals surface area (Å²) in [6.45, 7) is 2.14. The molecule has 1 atom stereocenters. The molecular formula is C21H26N2O4. The van der Waals surface area contributed by atoms with E-state index < -0.39 is 12.1 Å². The maximum absolute atomic E-state index is 12.8. The second kappa shape index (κ2) is 7.71. The lowest BCUT2D eigenvalue weighted by atomic mass is 9.98. The lowest BCUT2D eigenvalue weighted by Crippen LogP contribution is -2.54. The van der Waals surface area contributed by atoms with Crippen LogP contribution in [0.5, 0.6) is 0 Å². The van der Waals surface area contributed by atoms with E-state index in [1.807, 2.05) is 17.0 Å². The van der Waals surface area contributed by atoms with Gasteiger partial charge in [0, 0.05) is 39.0 Å². The minimum atomic E-state index is -0.756. The van der Waals surface area contributed by atoms with Crippen molar-refractivity contribution in [3.05, 3.63) is 35.4 Å². The number of carbonyl (C=O) groups excluding carboxylic acids is 3. The summed E-state index contributed by atoms with van der Waals surface area (Å²) < 4.78 is 5.38. The van der Waals surface area contributed by atoms with E-state index in [9.17, 15) is 14.4 Å². The fourth-order valence-corrected chi connectivity index (χ4v) is 4.44. The molecule has 144 valence electrons. The van der Waals surface area contributed by atoms with Crippen LogP contribution in [0.2, 0.25) is 0 Å². The number of amides is 2. The third kappa shape index (κ3) is 3.84. The molecule has 6 nitrogen and oxygen atoms in total. The molecule has 6 heteroatoms. The van der Waals surface area contributed by atoms with Crippen LogP contribution in [0, 0.1) is 5.92 Å². The van der Waals surface area contributed by atoms with Crippen LogP contribution in [-0.4, -0.2) is 59.9 Å². The highest BCUT2D eigenvalue weighted by molar-refractivity contribution is 5.95. The molecule has 0 radical (unpaired) electrons. The Hall–Kier alpha value is -2.37. The Morgan fingerprint density at radius 1 is 1.00 bits per heavy atom. The van der Waals surface area contributed by atoms with Gasteiger partial charge in [0.05, 0.1) is 5.56 Å². The average molecular weight is 370 g/mol. The van der Waals surface area contributed by atoms with Gasteiger partial charge in [-0.15, -0.1) is 0 Å². The molecule has 1 aromatic rings. The van der Waals surface area contributed by atoms with E-state index in [0.29, 0.717) is 50.5 Å². The largest absolute Gasteiger partial charge is 0.448 e. The van der Waals surface area contributed by atoms with Gasteiger partial charge in [-0.2, -0.15) is 0 Å². The van der Waals surface area contributed by atoms with Crippen molar-refractivity contribution in [1.29, 1.82) is 0 Å². The van der Waals surface area contributed by atoms with Crippen molar-refractivity contribution < 1.29 is 19.1 Å². The first-order valence-corrected chi connectivity index (χ1v) is 9.97. The first kappa shape index (κ1) is 18.0. The Kier molecular flexibility index (Phi) is 5.14. The predicted octanol–water partition coefficient (Wildman–Crippen LogP) is 2.02. The summed E-state index contributed by atoms with van der Waals surface area (Å²) in [6.07, 6.45) is 5.12. The van der Waals surface area contributed by atoms with Gasteiger partial charge in [-0.1, -0.05) is 31.0 Å². The number of hydrogen-bond acceptors (Lipinski definition) is 4. The van der Waals surface area contributed by atoms with Crippen LogP contribution in [-0.2, 0) is 20.7 Å². The molecule has 1 aromatic carbocycles. The van der Waals surface area contributed by atoms with Crippen molar-refractivity contribution in [2.45, 2.75) is 44.6 Å². The molecule has 2 fully saturated rings. The Bertz CT molecular complexity index is 733. The molecule has 0 spiro atoms. The quantitative estimate of drug-likeness (QED) is 0.764. The van der Waals surface area contributed by atoms with Crippen molar-refractivity contribution in [2.75, 3.05) is 26.2 Å². The average Bonchev–Trinajstić information content (AvgIpc) is 3.20. The van der Waals surface area contributed by atoms with Crippen LogP contribution in [0.25, 0.3) is 0 Å². The predicted molar refractivity (Wildman–Crippen MR) is 99.1 cm³/mol. The van der Waals surface area contributed by atoms with Gasteiger partial charge >= 0.3 is 5.97 Å². The molecule has 0 aromatic heterocycles. The van der Waals surface area contributed by atoms with Gasteiger partial charge in [-0.25, -0.2) is 4.79 Å². The first-order chi connectivity index (χ1) is 13.1. The number of fused-ring (bicyclic) bond motifs is 1. The van der Waals surface area contributed by atoms with E-state index in [1.54, 1.807) is 17.0 Å². The number of esters is 1. The highest BCUT2D eigenvalue weighted by Crippen LogP contribution is 2.28. The molecule has 2 amide bonds. The van der Waals surface area contributed by atoms with E-state index in [0.717, 1.165) is 5.56 Å². The van der Waals surface area contributed by atoms with Gasteiger partial charge in [0.2, 0.25) is 5.91 Å². The SMILES string of the molecule is O=C1OC(C(=O)N2CCN(C(=O)CC3CCCC3)CC2)Cc2ccccc21. The number of ether oxygens (including phenoxy) is 1. The van der Waals surface area contributed by atoms with Crippen molar-refractivity contribution in [3.8, 4) is 0 Å². The fraction of sp³-hybridized carbons (Fsp3) is 0.571. The lowest BCUT2D eigenvalue weighted by Gasteiger charge is -2.37. The number of cyclic esters (lactones) is 1. The van der Waals surface area contributed by atoms with E-state index in [2.05, 4.69) is 0 Å². The van der Waals surface area contributed by atoms with Crippen LogP contribution in [0.3, 0.4) is 0 Å². The third-order valence-corrected chi connectivity index (χ3v) is 6.05. The lowest BCUT2D eigenvalue weighted by molar-refractivity contribution is -0.146. The Labute approximate surface area is 159 Å². The molecule has 1 unspecified atom stereocenters. The summed E-state index contributed by atoms with van der Waals surface area (Å²) in [6, 6.07) is 7.26. The molecule has 3 aliphatic rings. The molecule has 2 aliphatic heterocycles. The summed E-state index contributed by atoms with van der Waals surface area (Å²) in [5, 5.41) is 0. The molecule has 1 saturated carbocycles. The summed E-state index contributed by atoms with van der Waals surface area (Å²) >= 11 is 0. The van der Waals surface area contributed by atoms with Gasteiger partial charge in [-0.05, 0) is 30.4 Å². The van der Waals surface area contributed by atoms with Crippen LogP contribution in [0.4, 0.5) is 0 Å². The smallest absolute Gasteiger partial charge is 0.339 e. The molecule has 27 heavy (non-hydrogen) atoms. The van der Waals surface area contributed by atoms with Crippen molar-refractivity contribution in [3.63, 3.8) is 0 Å². The second-order valence-corrected chi connectivity index (χ2v) is 7.82. The second-order valence-electron chi connectivity index (χ2n) is 7.82. The molecule has 0 bridgehead atoms. The fourth-order valence-electron chi connectivity index (χ4n) is 4.44. The van der Waals surface area contributed by atoms with Gasteiger partial charge in [0.1, 0.15) is 0 Å². The minimum Gasteiger partial charge on any atom is -0.448 e. The van der Waals surface area contributed by atoms with Gasteiger partial charge in [0.25, 0.3) is 5.91 Å². The van der Waals surface area contributed by atoms with Gasteiger partial charge in [0.15, 0.2) is 6.10 Å². The number of carbonyl (C=O) groups is 3. The summed E-state index contributed by atoms with van der Waals surface area (Å²) in [4.78, 5) is 41.0. The van der Waals surface area contributed by atoms with E-state index >= 15 is 0 Å². The zero-order valence-electron chi connectivity index (χ0n) is 15.6. The minimum absolute atomic E-state index is 0.152. The van der Waals surface area contributed by atoms with Crippen LogP contribution in [0.1, 0.15) is 48.0 Å². The normalized spacial score (nSPS) is 23.1. The molecule has 2 heterocycles. The number of nitrogens with zero attached hydrogens (tertiary/aromatic N) is 2. The number of piperazine rings is 1. The van der Waals surface area contributed by atoms with E-state index in [1.165, 1.54) is 25.7 Å². The number of hydrogen-bond donors (Lipinski definition) is 0. The summed E-state index contributed by atoms with van der Waals surface area (Å²) in [5.74, 6) is 0.173. The Balaban J connectivity index is 1.31. The highest BCUT2D eigenvalue weighted by Gasteiger charge is 2.35. The van der Waals surface area contributed by atoms with Gasteiger partial charge < -0.3 is 14.5 Å². The maximum atomic E-state index is 12.8. The molecule has 1 aliphatic carbocycles. The van der Waals surface area contributed by atoms with Crippen molar-refractivity contribution in [1.82, 2.24) is 9.80 Å². The van der Waals surface area contributed by atoms with Crippen molar-refractivity contribution >= 4 is 17.8 Å². The van der Waals surface area contributed by atoms with E-state index in [4.69, 9.17) is 4.74 Å². The monoisotopic (exact) mass is 370 g/mol. The van der Waals surface area contributed by atoms with Crippen molar-refractivity contribution in [2.24, 2.45) is 5.92 Å². The van der Waals surface area contributed by atoms with Crippen LogP contribution < -0.4 is 0 Å². The van der Waals surface area contributed by atoms with E-state index in [-0.39, 0.29) is 11.8 Å². The standard InChI is InChI=1S/C21H26N2O4/c24-19(13-15-5-1-2-6-15)22-9-11-23(12-10-22)20(25)18-14-16-7-3-4-8-17(16)21(26)27-18/h3-4,7-8,15,18H,1-2,5-6,9-14H2. The third-order valence-electron chi connectivity index (χ3n) is 6.05. The maximum Gasteiger partial charge on any atom is 0.339 e. The number of rotatable bonds is 3. The highest BCUT2D eigenvalue weighted by atomic mass is 16.5. The Morgan fingerprint density at radius 2 is 1.67 bits per heavy atom. The van der Waals surface area contributed by atoms with Crippen LogP contribution >= 0.6 is 0 Å². The van der Waals surface area contributed by atoms with Gasteiger partial charge in [-0.3, -0.25) is 9.59 Å². The first-order valence-electron chi connectivity index (χ1n) is 9.97. The molecule has 0 N–H and O–H groups in total. The molecule has 4 rings (SSSR count). The Morgan fingerprint density at radius 3 is 2.41 bits per heavy atom. The number of benzene rings is 1. The summed E-state index contributed by atoms with van der Waals surface area (Å²) in [7, 11) is 0. The van der Waals surface area contributed by atoms with Crippen LogP contribution in [0.15, 0.2) is 24.3 Å². The molecular weight excluding hydrogens is 344 g/mol. The zero-order chi connectivity index (χ0) is 18.8.